The fourth-order valence-corrected chi connectivity index (χ4v) is 1.40. The standard InChI is InChI=1S/C11H11N3O8/c1-6(10(15)21-2)22-11(16)12-7-3-8(13(17)18)5-9(4-7)14(19)20/h3-6H,1-2H3,(H,12,16). The number of nitrogens with one attached hydrogen (secondary N) is 1. The number of benzene rings is 1. The fourth-order valence-electron chi connectivity index (χ4n) is 1.40. The summed E-state index contributed by atoms with van der Waals surface area (Å²) in [6.07, 6.45) is -2.33. The summed E-state index contributed by atoms with van der Waals surface area (Å²) in [7, 11) is 1.10. The van der Waals surface area contributed by atoms with Crippen LogP contribution in [0.5, 0.6) is 0 Å². The van der Waals surface area contributed by atoms with Crippen LogP contribution < -0.4 is 5.32 Å². The number of methoxy groups -OCH3 is 1. The Balaban J connectivity index is 2.92. The van der Waals surface area contributed by atoms with Crippen molar-refractivity contribution in [1.82, 2.24) is 0 Å². The lowest BCUT2D eigenvalue weighted by Gasteiger charge is -2.11. The van der Waals surface area contributed by atoms with E-state index in [1.165, 1.54) is 6.92 Å². The van der Waals surface area contributed by atoms with Gasteiger partial charge < -0.3 is 9.47 Å². The molecular formula is C11H11N3O8. The van der Waals surface area contributed by atoms with Crippen LogP contribution in [0.2, 0.25) is 0 Å². The van der Waals surface area contributed by atoms with Gasteiger partial charge in [0.05, 0.1) is 28.7 Å². The predicted molar refractivity (Wildman–Crippen MR) is 71.3 cm³/mol. The van der Waals surface area contributed by atoms with Crippen LogP contribution in [0, 0.1) is 20.2 Å². The van der Waals surface area contributed by atoms with Gasteiger partial charge in [-0.05, 0) is 6.92 Å². The van der Waals surface area contributed by atoms with Crippen LogP contribution in [0.15, 0.2) is 18.2 Å². The highest BCUT2D eigenvalue weighted by Crippen LogP contribution is 2.25. The van der Waals surface area contributed by atoms with Crippen LogP contribution in [0.3, 0.4) is 0 Å². The Bertz CT molecular complexity index is 598. The van der Waals surface area contributed by atoms with Gasteiger partial charge in [-0.2, -0.15) is 0 Å². The molecule has 0 aliphatic rings. The fraction of sp³-hybridized carbons (Fsp3) is 0.273. The topological polar surface area (TPSA) is 151 Å². The lowest BCUT2D eigenvalue weighted by atomic mass is 10.2. The number of anilines is 1. The number of hydrogen-bond acceptors (Lipinski definition) is 8. The van der Waals surface area contributed by atoms with Gasteiger partial charge in [0.2, 0.25) is 0 Å². The average Bonchev–Trinajstić information content (AvgIpc) is 2.45. The number of ether oxygens (including phenoxy) is 2. The SMILES string of the molecule is COC(=O)C(C)OC(=O)Nc1cc([N+](=O)[O-])cc([N+](=O)[O-])c1. The van der Waals surface area contributed by atoms with Crippen molar-refractivity contribution in [2.24, 2.45) is 0 Å². The highest BCUT2D eigenvalue weighted by Gasteiger charge is 2.21. The Morgan fingerprint density at radius 3 is 2.05 bits per heavy atom. The molecule has 0 fully saturated rings. The van der Waals surface area contributed by atoms with Crippen molar-refractivity contribution in [2.45, 2.75) is 13.0 Å². The number of nitro benzene ring substituents is 2. The molecule has 11 heteroatoms. The van der Waals surface area contributed by atoms with E-state index < -0.39 is 39.4 Å². The first-order valence-corrected chi connectivity index (χ1v) is 5.74. The van der Waals surface area contributed by atoms with Crippen molar-refractivity contribution in [3.05, 3.63) is 38.4 Å². The van der Waals surface area contributed by atoms with Crippen molar-refractivity contribution in [3.63, 3.8) is 0 Å². The zero-order valence-corrected chi connectivity index (χ0v) is 11.5. The number of carbonyl (C=O) groups is 2. The number of esters is 1. The summed E-state index contributed by atoms with van der Waals surface area (Å²) in [5.41, 5.74) is -1.38. The predicted octanol–water partition coefficient (Wildman–Crippen LogP) is 1.61. The van der Waals surface area contributed by atoms with E-state index >= 15 is 0 Å². The summed E-state index contributed by atoms with van der Waals surface area (Å²) in [6, 6.07) is 2.57. The summed E-state index contributed by atoms with van der Waals surface area (Å²) in [5.74, 6) is -0.805. The molecule has 0 bridgehead atoms. The van der Waals surface area contributed by atoms with Gasteiger partial charge in [0.15, 0.2) is 6.10 Å². The minimum atomic E-state index is -1.21. The molecule has 11 nitrogen and oxygen atoms in total. The molecule has 0 spiro atoms. The Hall–Kier alpha value is -3.24. The van der Waals surface area contributed by atoms with Crippen LogP contribution in [0.4, 0.5) is 21.9 Å². The zero-order valence-electron chi connectivity index (χ0n) is 11.5. The van der Waals surface area contributed by atoms with Gasteiger partial charge in [-0.3, -0.25) is 25.5 Å². The molecule has 118 valence electrons. The van der Waals surface area contributed by atoms with Gasteiger partial charge in [-0.25, -0.2) is 9.59 Å². The summed E-state index contributed by atoms with van der Waals surface area (Å²) < 4.78 is 8.99. The molecule has 1 rings (SSSR count). The molecule has 0 aromatic heterocycles. The zero-order chi connectivity index (χ0) is 16.9. The van der Waals surface area contributed by atoms with E-state index in [1.54, 1.807) is 0 Å². The largest absolute Gasteiger partial charge is 0.466 e. The summed E-state index contributed by atoms with van der Waals surface area (Å²) in [5, 5.41) is 23.5. The van der Waals surface area contributed by atoms with E-state index in [0.29, 0.717) is 0 Å². The first-order chi connectivity index (χ1) is 10.2. The maximum Gasteiger partial charge on any atom is 0.412 e. The minimum Gasteiger partial charge on any atom is -0.466 e. The van der Waals surface area contributed by atoms with E-state index in [2.05, 4.69) is 14.8 Å². The van der Waals surface area contributed by atoms with Gasteiger partial charge in [0, 0.05) is 12.1 Å². The number of amides is 1. The third-order valence-corrected chi connectivity index (χ3v) is 2.39. The minimum absolute atomic E-state index is 0.219. The van der Waals surface area contributed by atoms with Crippen LogP contribution >= 0.6 is 0 Å². The number of non-ortho nitro benzene ring substituents is 2. The second-order valence-electron chi connectivity index (χ2n) is 3.95. The smallest absolute Gasteiger partial charge is 0.412 e. The quantitative estimate of drug-likeness (QED) is 0.489. The van der Waals surface area contributed by atoms with E-state index in [1.807, 2.05) is 0 Å². The van der Waals surface area contributed by atoms with E-state index in [-0.39, 0.29) is 5.69 Å². The molecule has 1 N–H and O–H groups in total. The molecule has 0 aliphatic carbocycles. The van der Waals surface area contributed by atoms with Gasteiger partial charge >= 0.3 is 12.1 Å². The summed E-state index contributed by atoms with van der Waals surface area (Å²) in [6.45, 7) is 1.25. The number of carbonyl (C=O) groups excluding carboxylic acids is 2. The number of rotatable bonds is 5. The van der Waals surface area contributed by atoms with Crippen molar-refractivity contribution < 1.29 is 28.9 Å². The highest BCUT2D eigenvalue weighted by molar-refractivity contribution is 5.88. The molecule has 1 aromatic carbocycles. The van der Waals surface area contributed by atoms with E-state index in [0.717, 1.165) is 25.3 Å². The third-order valence-electron chi connectivity index (χ3n) is 2.39. The normalized spacial score (nSPS) is 11.2. The summed E-state index contributed by atoms with van der Waals surface area (Å²) in [4.78, 5) is 42.3. The van der Waals surface area contributed by atoms with Crippen molar-refractivity contribution in [3.8, 4) is 0 Å². The monoisotopic (exact) mass is 313 g/mol. The second kappa shape index (κ2) is 6.97. The van der Waals surface area contributed by atoms with E-state index in [4.69, 9.17) is 0 Å². The van der Waals surface area contributed by atoms with Gasteiger partial charge in [-0.1, -0.05) is 0 Å². The Morgan fingerprint density at radius 1 is 1.14 bits per heavy atom. The second-order valence-corrected chi connectivity index (χ2v) is 3.95. The van der Waals surface area contributed by atoms with Crippen molar-refractivity contribution >= 4 is 29.1 Å². The average molecular weight is 313 g/mol. The number of nitrogens with zero attached hydrogens (tertiary/aromatic N) is 2. The van der Waals surface area contributed by atoms with Crippen LogP contribution in [0.25, 0.3) is 0 Å². The first-order valence-electron chi connectivity index (χ1n) is 5.74. The first kappa shape index (κ1) is 16.8. The van der Waals surface area contributed by atoms with Crippen molar-refractivity contribution in [2.75, 3.05) is 12.4 Å². The maximum atomic E-state index is 11.5. The molecule has 0 heterocycles. The molecular weight excluding hydrogens is 302 g/mol. The van der Waals surface area contributed by atoms with E-state index in [9.17, 15) is 29.8 Å². The van der Waals surface area contributed by atoms with Gasteiger partial charge in [0.25, 0.3) is 11.4 Å². The van der Waals surface area contributed by atoms with Crippen molar-refractivity contribution in [1.29, 1.82) is 0 Å². The Morgan fingerprint density at radius 2 is 1.64 bits per heavy atom. The molecule has 1 unspecified atom stereocenters. The summed E-state index contributed by atoms with van der Waals surface area (Å²) >= 11 is 0. The van der Waals surface area contributed by atoms with Crippen LogP contribution in [0.1, 0.15) is 6.92 Å². The lowest BCUT2D eigenvalue weighted by molar-refractivity contribution is -0.394. The maximum absolute atomic E-state index is 11.5. The number of nitro groups is 2. The molecule has 22 heavy (non-hydrogen) atoms. The molecule has 0 aliphatic heterocycles. The van der Waals surface area contributed by atoms with Crippen LogP contribution in [-0.2, 0) is 14.3 Å². The number of hydrogen-bond donors (Lipinski definition) is 1. The molecule has 1 aromatic rings. The molecule has 1 amide bonds. The van der Waals surface area contributed by atoms with Gasteiger partial charge in [0.1, 0.15) is 0 Å². The molecule has 1 atom stereocenters. The molecule has 0 saturated heterocycles. The van der Waals surface area contributed by atoms with Crippen LogP contribution in [-0.4, -0.2) is 35.1 Å². The Labute approximate surface area is 123 Å². The molecule has 0 saturated carbocycles. The Kier molecular flexibility index (Phi) is 5.32. The highest BCUT2D eigenvalue weighted by atomic mass is 16.6. The molecule has 0 radical (unpaired) electrons. The lowest BCUT2D eigenvalue weighted by Crippen LogP contribution is -2.27. The third kappa shape index (κ3) is 4.40. The van der Waals surface area contributed by atoms with Gasteiger partial charge in [-0.15, -0.1) is 0 Å².